The Morgan fingerprint density at radius 1 is 1.64 bits per heavy atom. The van der Waals surface area contributed by atoms with Gasteiger partial charge >= 0.3 is 0 Å². The smallest absolute Gasteiger partial charge is 0.210 e. The molecular formula is C9H17NO3S. The van der Waals surface area contributed by atoms with Crippen LogP contribution in [-0.2, 0) is 10.0 Å². The summed E-state index contributed by atoms with van der Waals surface area (Å²) in [7, 11) is -3.33. The maximum atomic E-state index is 10.9. The number of nitrogens with one attached hydrogen (secondary N) is 1. The van der Waals surface area contributed by atoms with Crippen LogP contribution < -0.4 is 4.72 Å². The number of hydrogen-bond donors (Lipinski definition) is 2. The molecule has 0 radical (unpaired) electrons. The quantitative estimate of drug-likeness (QED) is 0.535. The van der Waals surface area contributed by atoms with Gasteiger partial charge < -0.3 is 5.11 Å². The van der Waals surface area contributed by atoms with E-state index in [0.29, 0.717) is 5.92 Å². The van der Waals surface area contributed by atoms with Crippen LogP contribution >= 0.6 is 0 Å². The first-order valence-corrected chi connectivity index (χ1v) is 6.51. The summed E-state index contributed by atoms with van der Waals surface area (Å²) < 4.78 is 24.0. The molecule has 0 fully saturated rings. The lowest BCUT2D eigenvalue weighted by Gasteiger charge is -2.21. The van der Waals surface area contributed by atoms with Gasteiger partial charge in [-0.2, -0.15) is 4.72 Å². The summed E-state index contributed by atoms with van der Waals surface area (Å²) in [6, 6.07) is 0. The second-order valence-corrected chi connectivity index (χ2v) is 5.89. The molecule has 0 aliphatic heterocycles. The number of allylic oxidation sites excluding steroid dienone is 1. The molecule has 2 N–H and O–H groups in total. The van der Waals surface area contributed by atoms with E-state index in [0.717, 1.165) is 12.7 Å². The molecule has 1 aliphatic carbocycles. The Morgan fingerprint density at radius 3 is 2.57 bits per heavy atom. The highest BCUT2D eigenvalue weighted by molar-refractivity contribution is 7.88. The molecule has 14 heavy (non-hydrogen) atoms. The van der Waals surface area contributed by atoms with E-state index >= 15 is 0 Å². The van der Waals surface area contributed by atoms with Gasteiger partial charge in [-0.05, 0) is 19.3 Å². The summed E-state index contributed by atoms with van der Waals surface area (Å²) in [4.78, 5) is 0. The first kappa shape index (κ1) is 11.7. The van der Waals surface area contributed by atoms with Gasteiger partial charge in [0.2, 0.25) is 10.0 Å². The van der Waals surface area contributed by atoms with E-state index in [9.17, 15) is 13.5 Å². The molecule has 0 aromatic carbocycles. The van der Waals surface area contributed by atoms with E-state index in [1.54, 1.807) is 0 Å². The fourth-order valence-electron chi connectivity index (χ4n) is 1.91. The number of aliphatic hydroxyl groups is 1. The monoisotopic (exact) mass is 219 g/mol. The summed E-state index contributed by atoms with van der Waals surface area (Å²) in [6.07, 6.45) is 2.91. The molecule has 3 unspecified atom stereocenters. The Balaban J connectivity index is 2.66. The van der Waals surface area contributed by atoms with E-state index in [1.165, 1.54) is 5.57 Å². The number of aliphatic hydroxyl groups excluding tert-OH is 1. The zero-order valence-electron chi connectivity index (χ0n) is 8.69. The Bertz CT molecular complexity index is 334. The van der Waals surface area contributed by atoms with Crippen molar-refractivity contribution in [3.8, 4) is 0 Å². The van der Waals surface area contributed by atoms with Gasteiger partial charge in [0, 0.05) is 5.92 Å². The van der Waals surface area contributed by atoms with Gasteiger partial charge in [0.05, 0.1) is 6.26 Å². The van der Waals surface area contributed by atoms with Crippen LogP contribution in [0.4, 0.5) is 0 Å². The van der Waals surface area contributed by atoms with E-state index < -0.39 is 16.3 Å². The van der Waals surface area contributed by atoms with Crippen LogP contribution in [0, 0.1) is 11.8 Å². The Hall–Kier alpha value is -0.390. The van der Waals surface area contributed by atoms with E-state index in [4.69, 9.17) is 0 Å². The van der Waals surface area contributed by atoms with Crippen molar-refractivity contribution < 1.29 is 13.5 Å². The van der Waals surface area contributed by atoms with Crippen LogP contribution in [0.3, 0.4) is 0 Å². The molecule has 1 rings (SSSR count). The van der Waals surface area contributed by atoms with Crippen LogP contribution in [-0.4, -0.2) is 26.0 Å². The minimum absolute atomic E-state index is 0.107. The van der Waals surface area contributed by atoms with Crippen molar-refractivity contribution in [2.75, 3.05) is 6.26 Å². The third-order valence-corrected chi connectivity index (χ3v) is 3.15. The van der Waals surface area contributed by atoms with Crippen LogP contribution in [0.1, 0.15) is 20.3 Å². The second kappa shape index (κ2) is 4.00. The van der Waals surface area contributed by atoms with Crippen molar-refractivity contribution in [2.24, 2.45) is 11.8 Å². The summed E-state index contributed by atoms with van der Waals surface area (Å²) in [6.45, 7) is 3.99. The van der Waals surface area contributed by atoms with Crippen molar-refractivity contribution in [2.45, 2.75) is 26.5 Å². The highest BCUT2D eigenvalue weighted by atomic mass is 32.2. The fraction of sp³-hybridized carbons (Fsp3) is 0.778. The van der Waals surface area contributed by atoms with Crippen molar-refractivity contribution in [1.82, 2.24) is 4.72 Å². The molecule has 0 aromatic heterocycles. The molecule has 3 atom stereocenters. The van der Waals surface area contributed by atoms with Crippen molar-refractivity contribution in [1.29, 1.82) is 0 Å². The molecule has 82 valence electrons. The predicted molar refractivity (Wildman–Crippen MR) is 55.0 cm³/mol. The average molecular weight is 219 g/mol. The number of rotatable bonds is 3. The van der Waals surface area contributed by atoms with Gasteiger partial charge in [0.25, 0.3) is 0 Å². The maximum Gasteiger partial charge on any atom is 0.210 e. The van der Waals surface area contributed by atoms with Crippen LogP contribution in [0.5, 0.6) is 0 Å². The Kier molecular flexibility index (Phi) is 3.34. The van der Waals surface area contributed by atoms with Crippen molar-refractivity contribution in [3.63, 3.8) is 0 Å². The lowest BCUT2D eigenvalue weighted by atomic mass is 9.96. The summed E-state index contributed by atoms with van der Waals surface area (Å²) in [5.74, 6) is 0.184. The summed E-state index contributed by atoms with van der Waals surface area (Å²) in [5.41, 5.74) is 1.21. The van der Waals surface area contributed by atoms with Crippen LogP contribution in [0.25, 0.3) is 0 Å². The standard InChI is InChI=1S/C9H17NO3S/c1-6-4-7(2)8(5-6)9(11)10-14(3,12)13/h5,7-11H,4H2,1-3H3. The highest BCUT2D eigenvalue weighted by Gasteiger charge is 2.29. The topological polar surface area (TPSA) is 66.4 Å². The van der Waals surface area contributed by atoms with Crippen LogP contribution in [0.15, 0.2) is 11.6 Å². The number of sulfonamides is 1. The third-order valence-electron chi connectivity index (χ3n) is 2.48. The first-order chi connectivity index (χ1) is 6.29. The molecular weight excluding hydrogens is 202 g/mol. The Labute approximate surface area is 85.1 Å². The van der Waals surface area contributed by atoms with E-state index in [-0.39, 0.29) is 5.92 Å². The van der Waals surface area contributed by atoms with Gasteiger partial charge in [-0.15, -0.1) is 0 Å². The largest absolute Gasteiger partial charge is 0.377 e. The fourth-order valence-corrected chi connectivity index (χ4v) is 2.50. The molecule has 0 spiro atoms. The molecule has 0 aromatic rings. The average Bonchev–Trinajstić information content (AvgIpc) is 2.26. The molecule has 4 nitrogen and oxygen atoms in total. The van der Waals surface area contributed by atoms with Gasteiger partial charge in [-0.3, -0.25) is 0 Å². The minimum atomic E-state index is -3.33. The third kappa shape index (κ3) is 3.08. The van der Waals surface area contributed by atoms with Gasteiger partial charge in [-0.25, -0.2) is 8.42 Å². The number of hydrogen-bond acceptors (Lipinski definition) is 3. The maximum absolute atomic E-state index is 10.9. The lowest BCUT2D eigenvalue weighted by Crippen LogP contribution is -2.40. The first-order valence-electron chi connectivity index (χ1n) is 4.62. The molecule has 1 aliphatic rings. The van der Waals surface area contributed by atoms with Crippen LogP contribution in [0.2, 0.25) is 0 Å². The van der Waals surface area contributed by atoms with E-state index in [1.807, 2.05) is 19.9 Å². The van der Waals surface area contributed by atoms with Crippen molar-refractivity contribution in [3.05, 3.63) is 11.6 Å². The van der Waals surface area contributed by atoms with Gasteiger partial charge in [0.15, 0.2) is 0 Å². The Morgan fingerprint density at radius 2 is 2.21 bits per heavy atom. The minimum Gasteiger partial charge on any atom is -0.377 e. The molecule has 0 amide bonds. The van der Waals surface area contributed by atoms with Crippen molar-refractivity contribution >= 4 is 10.0 Å². The molecule has 0 bridgehead atoms. The summed E-state index contributed by atoms with van der Waals surface area (Å²) >= 11 is 0. The zero-order chi connectivity index (χ0) is 10.9. The highest BCUT2D eigenvalue weighted by Crippen LogP contribution is 2.31. The molecule has 5 heteroatoms. The van der Waals surface area contributed by atoms with Gasteiger partial charge in [-0.1, -0.05) is 18.6 Å². The molecule has 0 saturated heterocycles. The normalized spacial score (nSPS) is 30.1. The molecule has 0 heterocycles. The second-order valence-electron chi connectivity index (χ2n) is 4.11. The van der Waals surface area contributed by atoms with Gasteiger partial charge in [0.1, 0.15) is 6.23 Å². The lowest BCUT2D eigenvalue weighted by molar-refractivity contribution is 0.0989. The predicted octanol–water partition coefficient (Wildman–Crippen LogP) is 0.456. The SMILES string of the molecule is CC1=CC(C(O)NS(C)(=O)=O)C(C)C1. The zero-order valence-corrected chi connectivity index (χ0v) is 9.50. The summed E-state index contributed by atoms with van der Waals surface area (Å²) in [5, 5.41) is 9.64. The van der Waals surface area contributed by atoms with E-state index in [2.05, 4.69) is 4.72 Å². The molecule has 0 saturated carbocycles.